The highest BCUT2D eigenvalue weighted by molar-refractivity contribution is 7.88. The number of nitrogens with zero attached hydrogens (tertiary/aromatic N) is 3. The van der Waals surface area contributed by atoms with Gasteiger partial charge in [0.05, 0.1) is 18.5 Å². The van der Waals surface area contributed by atoms with Crippen molar-refractivity contribution in [2.75, 3.05) is 32.6 Å². The summed E-state index contributed by atoms with van der Waals surface area (Å²) in [6.45, 7) is 4.52. The van der Waals surface area contributed by atoms with Crippen LogP contribution in [0.2, 0.25) is 0 Å². The van der Waals surface area contributed by atoms with Gasteiger partial charge in [0.2, 0.25) is 15.9 Å². The number of fused-ring (bicyclic) bond motifs is 1. The summed E-state index contributed by atoms with van der Waals surface area (Å²) in [6.07, 6.45) is 3.51. The van der Waals surface area contributed by atoms with Gasteiger partial charge in [0.25, 0.3) is 0 Å². The van der Waals surface area contributed by atoms with Crippen molar-refractivity contribution in [2.45, 2.75) is 26.4 Å². The van der Waals surface area contributed by atoms with E-state index in [-0.39, 0.29) is 18.4 Å². The zero-order chi connectivity index (χ0) is 16.9. The lowest BCUT2D eigenvalue weighted by Gasteiger charge is -2.24. The van der Waals surface area contributed by atoms with Crippen molar-refractivity contribution in [3.63, 3.8) is 0 Å². The second-order valence-electron chi connectivity index (χ2n) is 5.74. The van der Waals surface area contributed by atoms with E-state index in [2.05, 4.69) is 9.82 Å². The summed E-state index contributed by atoms with van der Waals surface area (Å²) in [5.41, 5.74) is 0.980. The first-order valence-corrected chi connectivity index (χ1v) is 9.59. The van der Waals surface area contributed by atoms with Gasteiger partial charge in [-0.2, -0.15) is 5.10 Å². The van der Waals surface area contributed by atoms with Gasteiger partial charge in [0, 0.05) is 32.4 Å². The Labute approximate surface area is 136 Å². The van der Waals surface area contributed by atoms with E-state index in [0.717, 1.165) is 11.9 Å². The quantitative estimate of drug-likeness (QED) is 0.740. The van der Waals surface area contributed by atoms with Crippen molar-refractivity contribution >= 4 is 15.9 Å². The smallest absolute Gasteiger partial charge is 0.248 e. The molecule has 0 bridgehead atoms. The summed E-state index contributed by atoms with van der Waals surface area (Å²) in [5.74, 6) is 0.0820. The third-order valence-electron chi connectivity index (χ3n) is 3.77. The standard InChI is InChI=1S/C14H24N4O4S/c1-3-22-11-14(19)17-8-12(4-7-16-23(2,20)21)9-18-13(10-17)5-6-15-18/h5-6,12,16H,3-4,7-11H2,1-2H3/t12-/m1/s1. The molecule has 9 heteroatoms. The molecule has 23 heavy (non-hydrogen) atoms. The molecule has 0 radical (unpaired) electrons. The van der Waals surface area contributed by atoms with E-state index in [1.54, 1.807) is 11.1 Å². The molecule has 0 saturated carbocycles. The Balaban J connectivity index is 2.02. The SMILES string of the molecule is CCOCC(=O)N1Cc2ccnn2C[C@H](CCNS(C)(=O)=O)C1. The van der Waals surface area contributed by atoms with E-state index in [9.17, 15) is 13.2 Å². The number of hydrogen-bond acceptors (Lipinski definition) is 5. The number of sulfonamides is 1. The highest BCUT2D eigenvalue weighted by Crippen LogP contribution is 2.18. The van der Waals surface area contributed by atoms with Crippen LogP contribution in [0.3, 0.4) is 0 Å². The first kappa shape index (κ1) is 17.9. The second-order valence-corrected chi connectivity index (χ2v) is 7.57. The van der Waals surface area contributed by atoms with Gasteiger partial charge in [0.1, 0.15) is 6.61 Å². The van der Waals surface area contributed by atoms with E-state index >= 15 is 0 Å². The van der Waals surface area contributed by atoms with Gasteiger partial charge in [-0.1, -0.05) is 0 Å². The van der Waals surface area contributed by atoms with Gasteiger partial charge >= 0.3 is 0 Å². The lowest BCUT2D eigenvalue weighted by atomic mass is 10.1. The summed E-state index contributed by atoms with van der Waals surface area (Å²) in [7, 11) is -3.20. The number of ether oxygens (including phenoxy) is 1. The number of carbonyl (C=O) groups excluding carboxylic acids is 1. The van der Waals surface area contributed by atoms with Crippen LogP contribution < -0.4 is 4.72 Å². The van der Waals surface area contributed by atoms with E-state index < -0.39 is 10.0 Å². The van der Waals surface area contributed by atoms with Crippen LogP contribution in [0.5, 0.6) is 0 Å². The molecule has 0 fully saturated rings. The number of carbonyl (C=O) groups is 1. The fourth-order valence-corrected chi connectivity index (χ4v) is 3.12. The molecule has 1 N–H and O–H groups in total. The predicted molar refractivity (Wildman–Crippen MR) is 85.1 cm³/mol. The van der Waals surface area contributed by atoms with Crippen molar-refractivity contribution in [3.8, 4) is 0 Å². The van der Waals surface area contributed by atoms with Crippen LogP contribution in [0, 0.1) is 5.92 Å². The van der Waals surface area contributed by atoms with Gasteiger partial charge in [-0.05, 0) is 25.3 Å². The van der Waals surface area contributed by atoms with Crippen molar-refractivity contribution in [1.82, 2.24) is 19.4 Å². The molecule has 1 aromatic heterocycles. The highest BCUT2D eigenvalue weighted by Gasteiger charge is 2.25. The zero-order valence-corrected chi connectivity index (χ0v) is 14.4. The molecule has 1 amide bonds. The molecule has 0 spiro atoms. The van der Waals surface area contributed by atoms with Crippen LogP contribution in [-0.2, 0) is 32.6 Å². The third kappa shape index (κ3) is 5.60. The van der Waals surface area contributed by atoms with Gasteiger partial charge in [-0.15, -0.1) is 0 Å². The molecule has 2 heterocycles. The number of hydrogen-bond donors (Lipinski definition) is 1. The van der Waals surface area contributed by atoms with Crippen LogP contribution in [0.4, 0.5) is 0 Å². The van der Waals surface area contributed by atoms with Crippen molar-refractivity contribution in [1.29, 1.82) is 0 Å². The van der Waals surface area contributed by atoms with E-state index in [4.69, 9.17) is 4.74 Å². The Hall–Kier alpha value is -1.45. The molecule has 0 aromatic carbocycles. The minimum absolute atomic E-state index is 0.0532. The number of rotatable bonds is 7. The topological polar surface area (TPSA) is 93.5 Å². The average Bonchev–Trinajstić information content (AvgIpc) is 2.82. The molecular weight excluding hydrogens is 320 g/mol. The summed E-state index contributed by atoms with van der Waals surface area (Å²) in [6, 6.07) is 1.90. The number of amides is 1. The predicted octanol–water partition coefficient (Wildman–Crippen LogP) is -0.183. The van der Waals surface area contributed by atoms with Gasteiger partial charge in [-0.3, -0.25) is 9.48 Å². The average molecular weight is 344 g/mol. The van der Waals surface area contributed by atoms with Crippen LogP contribution in [0.15, 0.2) is 12.3 Å². The Morgan fingerprint density at radius 1 is 1.48 bits per heavy atom. The molecular formula is C14H24N4O4S. The van der Waals surface area contributed by atoms with Crippen molar-refractivity contribution in [3.05, 3.63) is 18.0 Å². The van der Waals surface area contributed by atoms with Crippen LogP contribution >= 0.6 is 0 Å². The molecule has 0 unspecified atom stereocenters. The molecule has 1 atom stereocenters. The highest BCUT2D eigenvalue weighted by atomic mass is 32.2. The third-order valence-corrected chi connectivity index (χ3v) is 4.49. The van der Waals surface area contributed by atoms with Crippen LogP contribution in [0.25, 0.3) is 0 Å². The number of aromatic nitrogens is 2. The monoisotopic (exact) mass is 344 g/mol. The lowest BCUT2D eigenvalue weighted by molar-refractivity contribution is -0.137. The van der Waals surface area contributed by atoms with E-state index in [0.29, 0.717) is 39.2 Å². The first-order valence-electron chi connectivity index (χ1n) is 7.70. The Kier molecular flexibility index (Phi) is 6.14. The fraction of sp³-hybridized carbons (Fsp3) is 0.714. The maximum Gasteiger partial charge on any atom is 0.248 e. The minimum atomic E-state index is -3.20. The molecule has 8 nitrogen and oxygen atoms in total. The first-order chi connectivity index (χ1) is 10.9. The number of nitrogens with one attached hydrogen (secondary N) is 1. The van der Waals surface area contributed by atoms with Crippen molar-refractivity contribution < 1.29 is 17.9 Å². The second kappa shape index (κ2) is 7.89. The van der Waals surface area contributed by atoms with Gasteiger partial charge < -0.3 is 9.64 Å². The maximum atomic E-state index is 12.3. The molecule has 1 aromatic rings. The molecule has 1 aliphatic rings. The van der Waals surface area contributed by atoms with Crippen molar-refractivity contribution in [2.24, 2.45) is 5.92 Å². The van der Waals surface area contributed by atoms with Crippen LogP contribution in [-0.4, -0.2) is 61.6 Å². The normalized spacial score (nSPS) is 18.5. The van der Waals surface area contributed by atoms with Gasteiger partial charge in [0.15, 0.2) is 0 Å². The maximum absolute atomic E-state index is 12.3. The molecule has 0 aliphatic carbocycles. The van der Waals surface area contributed by atoms with Crippen LogP contribution in [0.1, 0.15) is 19.0 Å². The summed E-state index contributed by atoms with van der Waals surface area (Å²) in [5, 5.41) is 4.29. The van der Waals surface area contributed by atoms with E-state index in [1.807, 2.05) is 17.7 Å². The molecule has 2 rings (SSSR count). The Bertz CT molecular complexity index is 628. The summed E-state index contributed by atoms with van der Waals surface area (Å²) >= 11 is 0. The summed E-state index contributed by atoms with van der Waals surface area (Å²) in [4.78, 5) is 14.0. The van der Waals surface area contributed by atoms with Gasteiger partial charge in [-0.25, -0.2) is 13.1 Å². The fourth-order valence-electron chi connectivity index (χ4n) is 2.63. The molecule has 1 aliphatic heterocycles. The lowest BCUT2D eigenvalue weighted by Crippen LogP contribution is -2.37. The summed E-state index contributed by atoms with van der Waals surface area (Å²) < 4.78 is 32.0. The largest absolute Gasteiger partial charge is 0.372 e. The Morgan fingerprint density at radius 3 is 2.96 bits per heavy atom. The molecule has 0 saturated heterocycles. The van der Waals surface area contributed by atoms with E-state index in [1.165, 1.54) is 0 Å². The minimum Gasteiger partial charge on any atom is -0.372 e. The molecule has 130 valence electrons. The Morgan fingerprint density at radius 2 is 2.26 bits per heavy atom. The zero-order valence-electron chi connectivity index (χ0n) is 13.6.